The highest BCUT2D eigenvalue weighted by atomic mass is 32.1. The van der Waals surface area contributed by atoms with E-state index in [1.807, 2.05) is 42.5 Å². The number of hydrogen-bond acceptors (Lipinski definition) is 7. The van der Waals surface area contributed by atoms with Crippen molar-refractivity contribution >= 4 is 23.4 Å². The molecular weight excluding hydrogens is 440 g/mol. The Hall–Kier alpha value is -3.65. The van der Waals surface area contributed by atoms with Crippen LogP contribution in [0.4, 0.5) is 0 Å². The molecule has 7 nitrogen and oxygen atoms in total. The largest absolute Gasteiger partial charge is 0.496 e. The van der Waals surface area contributed by atoms with Gasteiger partial charge in [0, 0.05) is 11.1 Å². The Morgan fingerprint density at radius 2 is 1.76 bits per heavy atom. The highest BCUT2D eigenvalue weighted by molar-refractivity contribution is 7.07. The maximum Gasteiger partial charge on any atom is 0.338 e. The SMILES string of the molecule is CCOC(=O)C1=C(C)N=c2s/c(=C/c3ccccc3OC)c(=O)n2[C@@H]1c1ccccc1OC. The van der Waals surface area contributed by atoms with Gasteiger partial charge < -0.3 is 14.2 Å². The number of esters is 1. The first-order valence-electron chi connectivity index (χ1n) is 10.5. The number of methoxy groups -OCH3 is 2. The number of benzene rings is 2. The molecule has 3 aromatic rings. The molecule has 1 aromatic heterocycles. The van der Waals surface area contributed by atoms with Gasteiger partial charge in [-0.05, 0) is 32.1 Å². The van der Waals surface area contributed by atoms with Crippen LogP contribution in [0, 0.1) is 0 Å². The number of nitrogens with zero attached hydrogens (tertiary/aromatic N) is 2. The monoisotopic (exact) mass is 464 g/mol. The maximum atomic E-state index is 13.7. The van der Waals surface area contributed by atoms with E-state index in [0.29, 0.717) is 37.7 Å². The summed E-state index contributed by atoms with van der Waals surface area (Å²) in [6, 6.07) is 14.1. The van der Waals surface area contributed by atoms with Crippen LogP contribution in [0.1, 0.15) is 31.0 Å². The molecular formula is C25H24N2O5S. The van der Waals surface area contributed by atoms with Crippen molar-refractivity contribution in [2.45, 2.75) is 19.9 Å². The fraction of sp³-hybridized carbons (Fsp3) is 0.240. The van der Waals surface area contributed by atoms with Crippen molar-refractivity contribution in [3.05, 3.63) is 90.6 Å². The average Bonchev–Trinajstić information content (AvgIpc) is 3.13. The van der Waals surface area contributed by atoms with Crippen LogP contribution in [0.5, 0.6) is 11.5 Å². The van der Waals surface area contributed by atoms with Gasteiger partial charge in [0.25, 0.3) is 5.56 Å². The number of carbonyl (C=O) groups is 1. The molecule has 0 fully saturated rings. The van der Waals surface area contributed by atoms with Crippen molar-refractivity contribution in [2.75, 3.05) is 20.8 Å². The number of ether oxygens (including phenoxy) is 3. The molecule has 33 heavy (non-hydrogen) atoms. The van der Waals surface area contributed by atoms with Crippen molar-refractivity contribution < 1.29 is 19.0 Å². The lowest BCUT2D eigenvalue weighted by molar-refractivity contribution is -0.139. The van der Waals surface area contributed by atoms with Crippen LogP contribution < -0.4 is 24.4 Å². The summed E-state index contributed by atoms with van der Waals surface area (Å²) in [5.74, 6) is 0.722. The zero-order valence-electron chi connectivity index (χ0n) is 18.8. The van der Waals surface area contributed by atoms with Crippen LogP contribution in [-0.2, 0) is 9.53 Å². The van der Waals surface area contributed by atoms with Crippen LogP contribution in [0.15, 0.2) is 69.6 Å². The van der Waals surface area contributed by atoms with Gasteiger partial charge in [-0.3, -0.25) is 9.36 Å². The summed E-state index contributed by atoms with van der Waals surface area (Å²) in [7, 11) is 3.15. The molecule has 0 bridgehead atoms. The highest BCUT2D eigenvalue weighted by Crippen LogP contribution is 2.35. The van der Waals surface area contributed by atoms with E-state index < -0.39 is 12.0 Å². The van der Waals surface area contributed by atoms with Gasteiger partial charge in [-0.2, -0.15) is 0 Å². The lowest BCUT2D eigenvalue weighted by Crippen LogP contribution is -2.40. The second kappa shape index (κ2) is 9.46. The molecule has 1 aliphatic rings. The summed E-state index contributed by atoms with van der Waals surface area (Å²) in [5.41, 5.74) is 2.03. The van der Waals surface area contributed by atoms with Crippen LogP contribution in [-0.4, -0.2) is 31.4 Å². The van der Waals surface area contributed by atoms with Gasteiger partial charge in [0.05, 0.1) is 36.6 Å². The first-order chi connectivity index (χ1) is 16.0. The quantitative estimate of drug-likeness (QED) is 0.524. The first kappa shape index (κ1) is 22.5. The third-order valence-corrected chi connectivity index (χ3v) is 6.36. The van der Waals surface area contributed by atoms with E-state index in [-0.39, 0.29) is 12.2 Å². The Balaban J connectivity index is 2.00. The Kier molecular flexibility index (Phi) is 6.46. The number of aromatic nitrogens is 1. The minimum absolute atomic E-state index is 0.215. The molecule has 0 radical (unpaired) electrons. The molecule has 1 aliphatic heterocycles. The predicted molar refractivity (Wildman–Crippen MR) is 126 cm³/mol. The Bertz CT molecular complexity index is 1420. The van der Waals surface area contributed by atoms with Gasteiger partial charge in [-0.1, -0.05) is 47.7 Å². The van der Waals surface area contributed by atoms with Crippen molar-refractivity contribution in [2.24, 2.45) is 4.99 Å². The summed E-state index contributed by atoms with van der Waals surface area (Å²) in [4.78, 5) is 31.7. The normalized spacial score (nSPS) is 15.6. The third-order valence-electron chi connectivity index (χ3n) is 5.38. The van der Waals surface area contributed by atoms with E-state index >= 15 is 0 Å². The second-order valence-electron chi connectivity index (χ2n) is 7.29. The molecule has 1 atom stereocenters. The minimum Gasteiger partial charge on any atom is -0.496 e. The summed E-state index contributed by atoms with van der Waals surface area (Å²) in [5, 5.41) is 0. The fourth-order valence-corrected chi connectivity index (χ4v) is 4.94. The fourth-order valence-electron chi connectivity index (χ4n) is 3.90. The molecule has 0 saturated heterocycles. The summed E-state index contributed by atoms with van der Waals surface area (Å²) in [6.45, 7) is 3.72. The van der Waals surface area contributed by atoms with Crippen molar-refractivity contribution in [1.29, 1.82) is 0 Å². The molecule has 0 amide bonds. The standard InChI is InChI=1S/C25H24N2O5S/c1-5-32-24(29)21-15(2)26-25-27(22(21)17-11-7-9-13-19(17)31-4)23(28)20(33-25)14-16-10-6-8-12-18(16)30-3/h6-14,22H,5H2,1-4H3/b20-14+/t22-/m1/s1. The van der Waals surface area contributed by atoms with Gasteiger partial charge in [0.2, 0.25) is 0 Å². The number of hydrogen-bond donors (Lipinski definition) is 0. The highest BCUT2D eigenvalue weighted by Gasteiger charge is 2.34. The molecule has 2 heterocycles. The average molecular weight is 465 g/mol. The second-order valence-corrected chi connectivity index (χ2v) is 8.30. The molecule has 0 aliphatic carbocycles. The van der Waals surface area contributed by atoms with E-state index in [1.165, 1.54) is 11.3 Å². The van der Waals surface area contributed by atoms with Gasteiger partial charge in [0.15, 0.2) is 4.80 Å². The maximum absolute atomic E-state index is 13.7. The number of para-hydroxylation sites is 2. The Morgan fingerprint density at radius 1 is 1.09 bits per heavy atom. The molecule has 0 spiro atoms. The van der Waals surface area contributed by atoms with E-state index in [9.17, 15) is 9.59 Å². The zero-order chi connectivity index (χ0) is 23.5. The first-order valence-corrected chi connectivity index (χ1v) is 11.3. The van der Waals surface area contributed by atoms with Crippen molar-refractivity contribution in [3.8, 4) is 11.5 Å². The molecule has 8 heteroatoms. The van der Waals surface area contributed by atoms with Crippen molar-refractivity contribution in [1.82, 2.24) is 4.57 Å². The molecule has 170 valence electrons. The smallest absolute Gasteiger partial charge is 0.338 e. The van der Waals surface area contributed by atoms with Gasteiger partial charge >= 0.3 is 5.97 Å². The van der Waals surface area contributed by atoms with E-state index in [2.05, 4.69) is 4.99 Å². The number of fused-ring (bicyclic) bond motifs is 1. The number of thiazole rings is 1. The number of rotatable bonds is 6. The third kappa shape index (κ3) is 4.09. The van der Waals surface area contributed by atoms with Crippen molar-refractivity contribution in [3.63, 3.8) is 0 Å². The predicted octanol–water partition coefficient (Wildman–Crippen LogP) is 2.82. The molecule has 0 saturated carbocycles. The van der Waals surface area contributed by atoms with Crippen LogP contribution in [0.25, 0.3) is 6.08 Å². The van der Waals surface area contributed by atoms with E-state index in [0.717, 1.165) is 5.56 Å². The molecule has 4 rings (SSSR count). The van der Waals surface area contributed by atoms with Crippen LogP contribution >= 0.6 is 11.3 Å². The summed E-state index contributed by atoms with van der Waals surface area (Å²) >= 11 is 1.26. The van der Waals surface area contributed by atoms with E-state index in [4.69, 9.17) is 14.2 Å². The lowest BCUT2D eigenvalue weighted by atomic mass is 9.95. The topological polar surface area (TPSA) is 79.1 Å². The van der Waals surface area contributed by atoms with E-state index in [1.54, 1.807) is 44.8 Å². The number of allylic oxidation sites excluding steroid dienone is 1. The Morgan fingerprint density at radius 3 is 2.45 bits per heavy atom. The molecule has 0 N–H and O–H groups in total. The Labute approximate surface area is 194 Å². The summed E-state index contributed by atoms with van der Waals surface area (Å²) in [6.07, 6.45) is 1.78. The number of carbonyl (C=O) groups excluding carboxylic acids is 1. The summed E-state index contributed by atoms with van der Waals surface area (Å²) < 4.78 is 18.4. The molecule has 0 unspecified atom stereocenters. The molecule has 2 aromatic carbocycles. The van der Waals surface area contributed by atoms with Crippen LogP contribution in [0.3, 0.4) is 0 Å². The van der Waals surface area contributed by atoms with Gasteiger partial charge in [0.1, 0.15) is 17.5 Å². The lowest BCUT2D eigenvalue weighted by Gasteiger charge is -2.25. The van der Waals surface area contributed by atoms with Gasteiger partial charge in [-0.25, -0.2) is 9.79 Å². The van der Waals surface area contributed by atoms with Gasteiger partial charge in [-0.15, -0.1) is 0 Å². The minimum atomic E-state index is -0.726. The zero-order valence-corrected chi connectivity index (χ0v) is 19.6. The van der Waals surface area contributed by atoms with Crippen LogP contribution in [0.2, 0.25) is 0 Å².